The molecule has 2 aliphatic carbocycles. The third-order valence-electron chi connectivity index (χ3n) is 9.00. The lowest BCUT2D eigenvalue weighted by atomic mass is 9.60. The summed E-state index contributed by atoms with van der Waals surface area (Å²) in [6, 6.07) is 26.1. The van der Waals surface area contributed by atoms with Gasteiger partial charge in [-0.1, -0.05) is 66.7 Å². The molecular formula is C34H27F3N6O. The Labute approximate surface area is 250 Å². The summed E-state index contributed by atoms with van der Waals surface area (Å²) >= 11 is 0. The third kappa shape index (κ3) is 4.36. The lowest BCUT2D eigenvalue weighted by Crippen LogP contribution is -2.60. The van der Waals surface area contributed by atoms with E-state index in [0.29, 0.717) is 47.0 Å². The van der Waals surface area contributed by atoms with Gasteiger partial charge in [0.25, 0.3) is 0 Å². The van der Waals surface area contributed by atoms with Crippen LogP contribution in [0.25, 0.3) is 50.7 Å². The summed E-state index contributed by atoms with van der Waals surface area (Å²) in [7, 11) is 0. The van der Waals surface area contributed by atoms with E-state index in [1.807, 2.05) is 54.6 Å². The maximum absolute atomic E-state index is 13.5. The first-order chi connectivity index (χ1) is 21.1. The average molecular weight is 593 g/mol. The van der Waals surface area contributed by atoms with Gasteiger partial charge in [-0.3, -0.25) is 4.40 Å². The van der Waals surface area contributed by atoms with Crippen molar-refractivity contribution < 1.29 is 18.3 Å². The highest BCUT2D eigenvalue weighted by Gasteiger charge is 2.58. The molecule has 7 nitrogen and oxygen atoms in total. The molecule has 6 aromatic rings. The second-order valence-corrected chi connectivity index (χ2v) is 12.1. The Hall–Kier alpha value is -4.67. The van der Waals surface area contributed by atoms with Crippen molar-refractivity contribution in [2.75, 3.05) is 0 Å². The molecule has 0 amide bonds. The van der Waals surface area contributed by atoms with Gasteiger partial charge in [-0.25, -0.2) is 9.97 Å². The Morgan fingerprint density at radius 3 is 2.16 bits per heavy atom. The van der Waals surface area contributed by atoms with E-state index in [0.717, 1.165) is 41.7 Å². The van der Waals surface area contributed by atoms with Crippen LogP contribution in [0.5, 0.6) is 0 Å². The number of pyridine rings is 1. The average Bonchev–Trinajstić information content (AvgIpc) is 3.79. The largest absolute Gasteiger partial charge is 0.416 e. The number of hydrogen-bond donors (Lipinski definition) is 2. The Morgan fingerprint density at radius 2 is 1.45 bits per heavy atom. The number of nitrogens with zero attached hydrogens (tertiary/aromatic N) is 5. The monoisotopic (exact) mass is 592 g/mol. The Bertz CT molecular complexity index is 2050. The van der Waals surface area contributed by atoms with Crippen LogP contribution in [0.3, 0.4) is 0 Å². The van der Waals surface area contributed by atoms with Crippen LogP contribution in [0.15, 0.2) is 91.0 Å². The number of aliphatic hydroxyl groups is 1. The van der Waals surface area contributed by atoms with Crippen molar-refractivity contribution in [2.45, 2.75) is 43.0 Å². The van der Waals surface area contributed by atoms with Gasteiger partial charge in [0.15, 0.2) is 17.1 Å². The van der Waals surface area contributed by atoms with Crippen LogP contribution in [0.4, 0.5) is 13.2 Å². The molecule has 2 aliphatic rings. The predicted molar refractivity (Wildman–Crippen MR) is 160 cm³/mol. The van der Waals surface area contributed by atoms with Gasteiger partial charge in [-0.2, -0.15) is 13.2 Å². The maximum Gasteiger partial charge on any atom is 0.416 e. The van der Waals surface area contributed by atoms with E-state index in [4.69, 9.17) is 15.7 Å². The van der Waals surface area contributed by atoms with Gasteiger partial charge >= 0.3 is 6.18 Å². The number of hydrogen-bond acceptors (Lipinski definition) is 6. The summed E-state index contributed by atoms with van der Waals surface area (Å²) in [6.45, 7) is 0. The molecule has 0 unspecified atom stereocenters. The van der Waals surface area contributed by atoms with Crippen molar-refractivity contribution in [2.24, 2.45) is 11.7 Å². The zero-order valence-corrected chi connectivity index (χ0v) is 23.5. The molecule has 3 N–H and O–H groups in total. The van der Waals surface area contributed by atoms with E-state index in [9.17, 15) is 18.3 Å². The molecule has 220 valence electrons. The summed E-state index contributed by atoms with van der Waals surface area (Å²) in [5.74, 6) is 0.605. The van der Waals surface area contributed by atoms with Crippen LogP contribution in [-0.2, 0) is 11.7 Å². The van der Waals surface area contributed by atoms with Crippen molar-refractivity contribution in [3.8, 4) is 33.9 Å². The van der Waals surface area contributed by atoms with Crippen LogP contribution in [0.2, 0.25) is 0 Å². The minimum Gasteiger partial charge on any atom is -0.389 e. The number of benzene rings is 3. The molecule has 0 bridgehead atoms. The standard InChI is InChI=1S/C34H27F3N6O/c35-34(36,37)25-8-4-7-22(17-25)30-42-41-27-16-15-26-31(43(27)30)40-29(20-5-2-1-3-6-20)28(39-26)21-9-11-23(12-10-21)32(38)18-33(44,19-32)24-13-14-24/h1-12,15-17,24,44H,13-14,18-19,38H2. The maximum atomic E-state index is 13.5. The van der Waals surface area contributed by atoms with Gasteiger partial charge in [-0.15, -0.1) is 10.2 Å². The first kappa shape index (κ1) is 26.9. The van der Waals surface area contributed by atoms with E-state index in [-0.39, 0.29) is 11.4 Å². The zero-order chi connectivity index (χ0) is 30.3. The highest BCUT2D eigenvalue weighted by Crippen LogP contribution is 2.57. The van der Waals surface area contributed by atoms with Crippen LogP contribution in [0, 0.1) is 5.92 Å². The number of nitrogens with two attached hydrogens (primary N) is 1. The van der Waals surface area contributed by atoms with Crippen molar-refractivity contribution in [3.63, 3.8) is 0 Å². The molecule has 0 spiro atoms. The number of aromatic nitrogens is 5. The normalized spacial score (nSPS) is 21.9. The van der Waals surface area contributed by atoms with E-state index >= 15 is 0 Å². The van der Waals surface area contributed by atoms with Crippen LogP contribution in [-0.4, -0.2) is 35.3 Å². The van der Waals surface area contributed by atoms with Crippen LogP contribution >= 0.6 is 0 Å². The Kier molecular flexibility index (Phi) is 5.76. The van der Waals surface area contributed by atoms with E-state index in [1.54, 1.807) is 22.6 Å². The smallest absolute Gasteiger partial charge is 0.389 e. The zero-order valence-electron chi connectivity index (χ0n) is 23.5. The Balaban J connectivity index is 1.26. The fraction of sp³-hybridized carbons (Fsp3) is 0.235. The van der Waals surface area contributed by atoms with Gasteiger partial charge in [0.05, 0.1) is 22.6 Å². The number of alkyl halides is 3. The highest BCUT2D eigenvalue weighted by atomic mass is 19.4. The first-order valence-corrected chi connectivity index (χ1v) is 14.5. The lowest BCUT2D eigenvalue weighted by Gasteiger charge is -2.52. The molecule has 0 atom stereocenters. The van der Waals surface area contributed by atoms with Crippen molar-refractivity contribution in [1.29, 1.82) is 0 Å². The minimum atomic E-state index is -4.50. The molecule has 2 saturated carbocycles. The van der Waals surface area contributed by atoms with Gasteiger partial charge in [-0.05, 0) is 61.4 Å². The molecule has 10 heteroatoms. The van der Waals surface area contributed by atoms with Crippen molar-refractivity contribution >= 4 is 16.8 Å². The van der Waals surface area contributed by atoms with E-state index < -0.39 is 22.9 Å². The summed E-state index contributed by atoms with van der Waals surface area (Å²) in [6.07, 6.45) is -1.26. The molecule has 3 heterocycles. The fourth-order valence-electron chi connectivity index (χ4n) is 6.62. The Morgan fingerprint density at radius 1 is 0.773 bits per heavy atom. The molecule has 3 aromatic carbocycles. The number of rotatable bonds is 5. The molecule has 3 aromatic heterocycles. The third-order valence-corrected chi connectivity index (χ3v) is 9.00. The summed E-state index contributed by atoms with van der Waals surface area (Å²) in [5, 5.41) is 19.4. The second kappa shape index (κ2) is 9.41. The molecule has 0 saturated heterocycles. The lowest BCUT2D eigenvalue weighted by molar-refractivity contribution is -0.137. The predicted octanol–water partition coefficient (Wildman–Crippen LogP) is 6.78. The van der Waals surface area contributed by atoms with Gasteiger partial charge in [0.1, 0.15) is 5.52 Å². The first-order valence-electron chi connectivity index (χ1n) is 14.5. The molecule has 44 heavy (non-hydrogen) atoms. The molecule has 0 aliphatic heterocycles. The second-order valence-electron chi connectivity index (χ2n) is 12.1. The quantitative estimate of drug-likeness (QED) is 0.229. The van der Waals surface area contributed by atoms with Crippen LogP contribution < -0.4 is 5.73 Å². The summed E-state index contributed by atoms with van der Waals surface area (Å²) in [4.78, 5) is 10.1. The van der Waals surface area contributed by atoms with Crippen LogP contribution in [0.1, 0.15) is 36.8 Å². The summed E-state index contributed by atoms with van der Waals surface area (Å²) < 4.78 is 42.2. The molecule has 8 rings (SSSR count). The van der Waals surface area contributed by atoms with E-state index in [1.165, 1.54) is 6.07 Å². The fourth-order valence-corrected chi connectivity index (χ4v) is 6.62. The topological polar surface area (TPSA) is 102 Å². The molecule has 0 radical (unpaired) electrons. The number of halogens is 3. The van der Waals surface area contributed by atoms with Gasteiger partial charge < -0.3 is 10.8 Å². The SMILES string of the molecule is NC1(c2ccc(-c3nc4ccc5nnc(-c6cccc(C(F)(F)F)c6)n5c4nc3-c3ccccc3)cc2)CC(O)(C2CC2)C1. The highest BCUT2D eigenvalue weighted by molar-refractivity contribution is 5.87. The number of fused-ring (bicyclic) bond motifs is 3. The van der Waals surface area contributed by atoms with E-state index in [2.05, 4.69) is 10.2 Å². The van der Waals surface area contributed by atoms with Crippen molar-refractivity contribution in [3.05, 3.63) is 102 Å². The van der Waals surface area contributed by atoms with Crippen molar-refractivity contribution in [1.82, 2.24) is 24.6 Å². The molecule has 2 fully saturated rings. The minimum absolute atomic E-state index is 0.238. The summed E-state index contributed by atoms with van der Waals surface area (Å²) in [5.41, 5.74) is 10.3. The molecular weight excluding hydrogens is 565 g/mol. The van der Waals surface area contributed by atoms with Gasteiger partial charge in [0, 0.05) is 22.2 Å². The van der Waals surface area contributed by atoms with Gasteiger partial charge in [0.2, 0.25) is 0 Å².